The van der Waals surface area contributed by atoms with Gasteiger partial charge in [0, 0.05) is 4.47 Å². The Hall–Kier alpha value is -1.71. The molecule has 4 nitrogen and oxygen atoms in total. The molecule has 2 aromatic rings. The first-order chi connectivity index (χ1) is 10.7. The number of anilines is 1. The van der Waals surface area contributed by atoms with Gasteiger partial charge < -0.3 is 9.66 Å². The second-order valence-electron chi connectivity index (χ2n) is 4.39. The smallest absolute Gasteiger partial charge is 0.416 e. The molecular weight excluding hydrogens is 399 g/mol. The average molecular weight is 408 g/mol. The van der Waals surface area contributed by atoms with Crippen molar-refractivity contribution in [2.24, 2.45) is 0 Å². The summed E-state index contributed by atoms with van der Waals surface area (Å²) in [5.41, 5.74) is -1.14. The molecule has 0 saturated carbocycles. The van der Waals surface area contributed by atoms with E-state index in [1.165, 1.54) is 30.3 Å². The van der Waals surface area contributed by atoms with Gasteiger partial charge in [-0.05, 0) is 36.4 Å². The van der Waals surface area contributed by atoms with Gasteiger partial charge in [0.15, 0.2) is 4.90 Å². The lowest BCUT2D eigenvalue weighted by molar-refractivity contribution is -0.137. The fourth-order valence-corrected chi connectivity index (χ4v) is 3.10. The molecule has 0 bridgehead atoms. The molecular formula is C14H9BrF3NO3S. The molecule has 2 rings (SSSR count). The van der Waals surface area contributed by atoms with Crippen molar-refractivity contribution in [2.75, 3.05) is 4.72 Å². The van der Waals surface area contributed by atoms with Crippen LogP contribution in [0.2, 0.25) is 0 Å². The maximum absolute atomic E-state index is 12.7. The first-order valence-corrected chi connectivity index (χ1v) is 8.01. The van der Waals surface area contributed by atoms with E-state index in [1.807, 2.05) is 0 Å². The van der Waals surface area contributed by atoms with E-state index in [4.69, 9.17) is 5.11 Å². The van der Waals surface area contributed by atoms with Gasteiger partial charge >= 0.3 is 12.1 Å². The molecule has 1 unspecified atom stereocenters. The fraction of sp³-hybridized carbons (Fsp3) is 0.0714. The van der Waals surface area contributed by atoms with E-state index in [1.54, 1.807) is 0 Å². The third-order valence-corrected chi connectivity index (χ3v) is 4.44. The Balaban J connectivity index is 2.30. The molecule has 0 aromatic heterocycles. The Kier molecular flexibility index (Phi) is 5.23. The van der Waals surface area contributed by atoms with Crippen LogP contribution in [-0.2, 0) is 17.5 Å². The van der Waals surface area contributed by atoms with Crippen LogP contribution in [0.25, 0.3) is 0 Å². The van der Waals surface area contributed by atoms with E-state index in [-0.39, 0.29) is 16.1 Å². The van der Waals surface area contributed by atoms with Crippen LogP contribution in [0.15, 0.2) is 51.8 Å². The maximum Gasteiger partial charge on any atom is 0.416 e. The first kappa shape index (κ1) is 17.6. The van der Waals surface area contributed by atoms with Gasteiger partial charge in [-0.15, -0.1) is 0 Å². The molecule has 0 fully saturated rings. The zero-order chi connectivity index (χ0) is 17.2. The third-order valence-electron chi connectivity index (χ3n) is 2.77. The molecule has 0 aliphatic carbocycles. The van der Waals surface area contributed by atoms with Crippen molar-refractivity contribution < 1.29 is 27.6 Å². The Labute approximate surface area is 140 Å². The third kappa shape index (κ3) is 4.40. The van der Waals surface area contributed by atoms with Gasteiger partial charge in [-0.1, -0.05) is 22.0 Å². The Morgan fingerprint density at radius 3 is 2.52 bits per heavy atom. The summed E-state index contributed by atoms with van der Waals surface area (Å²) >= 11 is 1.08. The summed E-state index contributed by atoms with van der Waals surface area (Å²) < 4.78 is 53.1. The van der Waals surface area contributed by atoms with Crippen molar-refractivity contribution in [3.8, 4) is 0 Å². The number of aromatic carboxylic acids is 1. The number of carboxylic acid groups (broad SMARTS) is 1. The minimum absolute atomic E-state index is 0.0302. The molecule has 2 N–H and O–H groups in total. The van der Waals surface area contributed by atoms with E-state index < -0.39 is 29.1 Å². The number of nitrogens with one attached hydrogen (secondary N) is 1. The standard InChI is InChI=1S/C14H9BrF3NO3S/c15-9-4-5-12(11(7-9)13(20)21)23(22)19-10-3-1-2-8(6-10)14(16,17)18/h1-7,19H,(H,20,21). The second kappa shape index (κ2) is 6.81. The molecule has 0 radical (unpaired) electrons. The van der Waals surface area contributed by atoms with E-state index >= 15 is 0 Å². The topological polar surface area (TPSA) is 72.4 Å². The highest BCUT2D eigenvalue weighted by molar-refractivity contribution is 9.10. The van der Waals surface area contributed by atoms with Crippen molar-refractivity contribution in [1.82, 2.24) is 0 Å². The summed E-state index contributed by atoms with van der Waals surface area (Å²) in [6.07, 6.45) is -4.52. The molecule has 23 heavy (non-hydrogen) atoms. The molecule has 0 aliphatic heterocycles. The predicted octanol–water partition coefficient (Wildman–Crippen LogP) is 4.30. The number of hydrogen-bond donors (Lipinski definition) is 2. The zero-order valence-corrected chi connectivity index (χ0v) is 13.6. The SMILES string of the molecule is O=C(O)c1cc(Br)ccc1[S+]([O-])Nc1cccc(C(F)(F)F)c1. The second-order valence-corrected chi connectivity index (χ2v) is 6.49. The van der Waals surface area contributed by atoms with Crippen molar-refractivity contribution in [1.29, 1.82) is 0 Å². The van der Waals surface area contributed by atoms with Gasteiger partial charge in [0.25, 0.3) is 0 Å². The van der Waals surface area contributed by atoms with Crippen LogP contribution < -0.4 is 4.72 Å². The van der Waals surface area contributed by atoms with Gasteiger partial charge in [0.05, 0.1) is 11.3 Å². The normalized spacial score (nSPS) is 12.7. The number of halogens is 4. The Bertz CT molecular complexity index is 739. The van der Waals surface area contributed by atoms with Gasteiger partial charge in [-0.25, -0.2) is 9.52 Å². The van der Waals surface area contributed by atoms with Crippen LogP contribution in [0.4, 0.5) is 18.9 Å². The summed E-state index contributed by atoms with van der Waals surface area (Å²) in [6, 6.07) is 8.25. The fourth-order valence-electron chi connectivity index (χ4n) is 1.75. The number of rotatable bonds is 4. The average Bonchev–Trinajstić information content (AvgIpc) is 2.46. The lowest BCUT2D eigenvalue weighted by Gasteiger charge is -2.14. The molecule has 0 heterocycles. The van der Waals surface area contributed by atoms with Crippen LogP contribution in [0.1, 0.15) is 15.9 Å². The molecule has 1 atom stereocenters. The van der Waals surface area contributed by atoms with Crippen molar-refractivity contribution >= 4 is 38.9 Å². The summed E-state index contributed by atoms with van der Waals surface area (Å²) in [5, 5.41) is 9.12. The molecule has 0 amide bonds. The number of alkyl halides is 3. The van der Waals surface area contributed by atoms with Gasteiger partial charge in [-0.3, -0.25) is 0 Å². The summed E-state index contributed by atoms with van der Waals surface area (Å²) in [6.45, 7) is 0. The zero-order valence-electron chi connectivity index (χ0n) is 11.2. The molecule has 0 spiro atoms. The minimum atomic E-state index is -4.52. The van der Waals surface area contributed by atoms with E-state index in [9.17, 15) is 22.5 Å². The van der Waals surface area contributed by atoms with Crippen LogP contribution in [0.3, 0.4) is 0 Å². The van der Waals surface area contributed by atoms with Gasteiger partial charge in [-0.2, -0.15) is 13.2 Å². The van der Waals surface area contributed by atoms with Crippen molar-refractivity contribution in [2.45, 2.75) is 11.1 Å². The number of benzene rings is 2. The molecule has 0 aliphatic rings. The van der Waals surface area contributed by atoms with Crippen LogP contribution >= 0.6 is 15.9 Å². The summed E-state index contributed by atoms with van der Waals surface area (Å²) in [5.74, 6) is -1.29. The number of carboxylic acids is 1. The highest BCUT2D eigenvalue weighted by Gasteiger charge is 2.31. The molecule has 0 saturated heterocycles. The Morgan fingerprint density at radius 1 is 1.22 bits per heavy atom. The van der Waals surface area contributed by atoms with Crippen molar-refractivity contribution in [3.05, 3.63) is 58.1 Å². The van der Waals surface area contributed by atoms with E-state index in [0.29, 0.717) is 4.47 Å². The van der Waals surface area contributed by atoms with Crippen LogP contribution in [0, 0.1) is 0 Å². The van der Waals surface area contributed by atoms with E-state index in [2.05, 4.69) is 20.7 Å². The lowest BCUT2D eigenvalue weighted by Crippen LogP contribution is -2.17. The lowest BCUT2D eigenvalue weighted by atomic mass is 10.2. The van der Waals surface area contributed by atoms with Crippen LogP contribution in [-0.4, -0.2) is 15.6 Å². The highest BCUT2D eigenvalue weighted by atomic mass is 79.9. The minimum Gasteiger partial charge on any atom is -0.588 e. The predicted molar refractivity (Wildman–Crippen MR) is 82.6 cm³/mol. The quantitative estimate of drug-likeness (QED) is 0.741. The number of hydrogen-bond acceptors (Lipinski definition) is 3. The summed E-state index contributed by atoms with van der Waals surface area (Å²) in [7, 11) is 0. The number of carbonyl (C=O) groups is 1. The van der Waals surface area contributed by atoms with Gasteiger partial charge in [0.1, 0.15) is 16.9 Å². The molecule has 122 valence electrons. The first-order valence-electron chi connectivity index (χ1n) is 6.07. The van der Waals surface area contributed by atoms with Gasteiger partial charge in [0.2, 0.25) is 0 Å². The molecule has 2 aromatic carbocycles. The summed E-state index contributed by atoms with van der Waals surface area (Å²) in [4.78, 5) is 11.1. The Morgan fingerprint density at radius 2 is 1.91 bits per heavy atom. The highest BCUT2D eigenvalue weighted by Crippen LogP contribution is 2.31. The molecule has 9 heteroatoms. The maximum atomic E-state index is 12.7. The van der Waals surface area contributed by atoms with Crippen LogP contribution in [0.5, 0.6) is 0 Å². The van der Waals surface area contributed by atoms with E-state index in [0.717, 1.165) is 12.1 Å². The largest absolute Gasteiger partial charge is 0.588 e. The monoisotopic (exact) mass is 407 g/mol. The van der Waals surface area contributed by atoms with Crippen molar-refractivity contribution in [3.63, 3.8) is 0 Å².